The van der Waals surface area contributed by atoms with E-state index in [4.69, 9.17) is 0 Å². The molecule has 1 N–H and O–H groups in total. The Bertz CT molecular complexity index is 897. The first kappa shape index (κ1) is 22.4. The smallest absolute Gasteiger partial charge is 0.193 e. The third-order valence-corrected chi connectivity index (χ3v) is 4.97. The van der Waals surface area contributed by atoms with Gasteiger partial charge in [-0.2, -0.15) is 5.10 Å². The first-order chi connectivity index (χ1) is 13.2. The van der Waals surface area contributed by atoms with Crippen molar-refractivity contribution in [2.24, 2.45) is 4.99 Å². The Morgan fingerprint density at radius 1 is 1.18 bits per heavy atom. The lowest BCUT2D eigenvalue weighted by atomic mass is 10.1. The van der Waals surface area contributed by atoms with Crippen LogP contribution in [0.4, 0.5) is 0 Å². The quantitative estimate of drug-likeness (QED) is 0.285. The fourth-order valence-corrected chi connectivity index (χ4v) is 3.27. The van der Waals surface area contributed by atoms with Gasteiger partial charge in [-0.25, -0.2) is 9.67 Å². The fourth-order valence-electron chi connectivity index (χ4n) is 2.86. The third-order valence-electron chi connectivity index (χ3n) is 4.19. The lowest BCUT2D eigenvalue weighted by Crippen LogP contribution is -2.38. The van der Waals surface area contributed by atoms with Crippen molar-refractivity contribution in [1.29, 1.82) is 0 Å². The van der Waals surface area contributed by atoms with Gasteiger partial charge in [0.15, 0.2) is 5.96 Å². The number of hydrogen-bond acceptors (Lipinski definition) is 3. The van der Waals surface area contributed by atoms with Crippen LogP contribution in [0.3, 0.4) is 0 Å². The van der Waals surface area contributed by atoms with Crippen molar-refractivity contribution in [3.63, 3.8) is 0 Å². The fraction of sp³-hybridized carbons (Fsp3) is 0.250. The Morgan fingerprint density at radius 2 is 1.96 bits per heavy atom. The Balaban J connectivity index is 0.00000280. The molecule has 0 aliphatic rings. The second-order valence-corrected chi connectivity index (χ2v) is 7.12. The molecule has 0 unspecified atom stereocenters. The van der Waals surface area contributed by atoms with Gasteiger partial charge in [-0.15, -0.1) is 24.0 Å². The maximum Gasteiger partial charge on any atom is 0.193 e. The van der Waals surface area contributed by atoms with E-state index in [1.54, 1.807) is 19.7 Å². The first-order valence-electron chi connectivity index (χ1n) is 8.71. The molecule has 0 amide bonds. The van der Waals surface area contributed by atoms with Gasteiger partial charge in [0.05, 0.1) is 6.54 Å². The van der Waals surface area contributed by atoms with Gasteiger partial charge in [0.2, 0.25) is 0 Å². The van der Waals surface area contributed by atoms with Crippen LogP contribution in [0.25, 0.3) is 0 Å². The number of benzene rings is 2. The molecule has 3 aromatic rings. The number of halogens is 2. The van der Waals surface area contributed by atoms with Crippen LogP contribution >= 0.6 is 39.9 Å². The highest BCUT2D eigenvalue weighted by molar-refractivity contribution is 14.0. The summed E-state index contributed by atoms with van der Waals surface area (Å²) in [6, 6.07) is 16.7. The summed E-state index contributed by atoms with van der Waals surface area (Å²) >= 11 is 3.61. The Labute approximate surface area is 191 Å². The van der Waals surface area contributed by atoms with E-state index in [-0.39, 0.29) is 24.0 Å². The number of nitrogens with one attached hydrogen (secondary N) is 1. The SMILES string of the molecule is CN=C(NCc1cccc(Cn2cncn2)c1)N(C)Cc1ccccc1Br.I. The molecule has 0 bridgehead atoms. The molecule has 0 spiro atoms. The topological polar surface area (TPSA) is 58.3 Å². The Morgan fingerprint density at radius 3 is 2.68 bits per heavy atom. The minimum Gasteiger partial charge on any atom is -0.352 e. The number of nitrogens with zero attached hydrogens (tertiary/aromatic N) is 5. The summed E-state index contributed by atoms with van der Waals surface area (Å²) in [5.74, 6) is 0.854. The predicted octanol–water partition coefficient (Wildman–Crippen LogP) is 3.91. The number of hydrogen-bond donors (Lipinski definition) is 1. The van der Waals surface area contributed by atoms with Crippen LogP contribution in [-0.4, -0.2) is 39.7 Å². The molecule has 3 rings (SSSR count). The molecule has 0 aliphatic heterocycles. The molecule has 1 heterocycles. The van der Waals surface area contributed by atoms with Gasteiger partial charge in [0.1, 0.15) is 12.7 Å². The zero-order chi connectivity index (χ0) is 19.1. The van der Waals surface area contributed by atoms with Crippen LogP contribution in [0.15, 0.2) is 70.7 Å². The van der Waals surface area contributed by atoms with Gasteiger partial charge in [-0.05, 0) is 22.8 Å². The van der Waals surface area contributed by atoms with E-state index in [0.717, 1.165) is 17.0 Å². The highest BCUT2D eigenvalue weighted by Gasteiger charge is 2.08. The molecule has 0 saturated heterocycles. The van der Waals surface area contributed by atoms with Crippen molar-refractivity contribution in [1.82, 2.24) is 25.0 Å². The Hall–Kier alpha value is -1.94. The summed E-state index contributed by atoms with van der Waals surface area (Å²) < 4.78 is 2.92. The van der Waals surface area contributed by atoms with E-state index >= 15 is 0 Å². The second-order valence-electron chi connectivity index (χ2n) is 6.26. The van der Waals surface area contributed by atoms with Gasteiger partial charge in [0.25, 0.3) is 0 Å². The minimum atomic E-state index is 0. The largest absolute Gasteiger partial charge is 0.352 e. The molecule has 0 aliphatic carbocycles. The van der Waals surface area contributed by atoms with Crippen molar-refractivity contribution in [2.45, 2.75) is 19.6 Å². The first-order valence-corrected chi connectivity index (χ1v) is 9.50. The molecule has 2 aromatic carbocycles. The predicted molar refractivity (Wildman–Crippen MR) is 127 cm³/mol. The van der Waals surface area contributed by atoms with Crippen LogP contribution in [0.5, 0.6) is 0 Å². The van der Waals surface area contributed by atoms with Gasteiger partial charge >= 0.3 is 0 Å². The minimum absolute atomic E-state index is 0. The number of guanidine groups is 1. The molecule has 8 heteroatoms. The van der Waals surface area contributed by atoms with E-state index in [9.17, 15) is 0 Å². The summed E-state index contributed by atoms with van der Waals surface area (Å²) in [6.07, 6.45) is 3.28. The third kappa shape index (κ3) is 6.30. The van der Waals surface area contributed by atoms with Gasteiger partial charge in [-0.1, -0.05) is 58.4 Å². The van der Waals surface area contributed by atoms with E-state index in [2.05, 4.69) is 77.6 Å². The molecule has 0 fully saturated rings. The zero-order valence-corrected chi connectivity index (χ0v) is 19.8. The van der Waals surface area contributed by atoms with E-state index in [1.165, 1.54) is 16.7 Å². The van der Waals surface area contributed by atoms with Crippen LogP contribution in [0.1, 0.15) is 16.7 Å². The van der Waals surface area contributed by atoms with E-state index in [0.29, 0.717) is 13.1 Å². The molecule has 0 radical (unpaired) electrons. The summed E-state index contributed by atoms with van der Waals surface area (Å²) in [6.45, 7) is 2.19. The molecule has 0 atom stereocenters. The maximum absolute atomic E-state index is 4.41. The lowest BCUT2D eigenvalue weighted by Gasteiger charge is -2.23. The molecular weight excluding hydrogens is 531 g/mol. The summed E-state index contributed by atoms with van der Waals surface area (Å²) in [5, 5.41) is 7.60. The number of aromatic nitrogens is 3. The van der Waals surface area contributed by atoms with Crippen molar-refractivity contribution < 1.29 is 0 Å². The second kappa shape index (κ2) is 11.2. The summed E-state index contributed by atoms with van der Waals surface area (Å²) in [7, 11) is 3.84. The number of aliphatic imine (C=N–C) groups is 1. The molecule has 28 heavy (non-hydrogen) atoms. The normalized spacial score (nSPS) is 11.0. The van der Waals surface area contributed by atoms with E-state index < -0.39 is 0 Å². The highest BCUT2D eigenvalue weighted by Crippen LogP contribution is 2.17. The van der Waals surface area contributed by atoms with Crippen molar-refractivity contribution in [3.8, 4) is 0 Å². The van der Waals surface area contributed by atoms with Crippen LogP contribution in [0.2, 0.25) is 0 Å². The highest BCUT2D eigenvalue weighted by atomic mass is 127. The van der Waals surface area contributed by atoms with Crippen molar-refractivity contribution in [3.05, 3.63) is 82.3 Å². The maximum atomic E-state index is 4.41. The monoisotopic (exact) mass is 554 g/mol. The molecule has 6 nitrogen and oxygen atoms in total. The van der Waals surface area contributed by atoms with Crippen LogP contribution < -0.4 is 5.32 Å². The van der Waals surface area contributed by atoms with Gasteiger partial charge < -0.3 is 10.2 Å². The Kier molecular flexibility index (Phi) is 8.91. The molecule has 0 saturated carbocycles. The summed E-state index contributed by atoms with van der Waals surface area (Å²) in [5.41, 5.74) is 3.61. The van der Waals surface area contributed by atoms with Gasteiger partial charge in [0, 0.05) is 31.7 Å². The standard InChI is InChI=1S/C20H23BrN6.HI/c1-22-20(26(2)13-18-8-3-4-9-19(18)21)24-11-16-6-5-7-17(10-16)12-27-15-23-14-25-27;/h3-10,14-15H,11-13H2,1-2H3,(H,22,24);1H. The van der Waals surface area contributed by atoms with E-state index in [1.807, 2.05) is 23.9 Å². The summed E-state index contributed by atoms with van der Waals surface area (Å²) in [4.78, 5) is 10.5. The lowest BCUT2D eigenvalue weighted by molar-refractivity contribution is 0.475. The van der Waals surface area contributed by atoms with Crippen LogP contribution in [-0.2, 0) is 19.6 Å². The molecular formula is C20H24BrIN6. The average molecular weight is 555 g/mol. The average Bonchev–Trinajstić information content (AvgIpc) is 3.17. The number of rotatable bonds is 6. The van der Waals surface area contributed by atoms with Crippen molar-refractivity contribution >= 4 is 45.9 Å². The van der Waals surface area contributed by atoms with Gasteiger partial charge in [-0.3, -0.25) is 4.99 Å². The van der Waals surface area contributed by atoms with Crippen LogP contribution in [0, 0.1) is 0 Å². The van der Waals surface area contributed by atoms with Crippen molar-refractivity contribution in [2.75, 3.05) is 14.1 Å². The zero-order valence-electron chi connectivity index (χ0n) is 15.9. The molecule has 1 aromatic heterocycles. The molecule has 148 valence electrons.